The standard InChI is InChI=1S/C14H13ClN2O2S/c15-14(6-7-14)11-9-20-12(16-11)17-13(18)19-8-10-4-2-1-3-5-10/h1-5,9H,6-8H2,(H,16,17,18). The highest BCUT2D eigenvalue weighted by Gasteiger charge is 2.44. The predicted octanol–water partition coefficient (Wildman–Crippen LogP) is 4.12. The Kier molecular flexibility index (Phi) is 3.63. The Bertz CT molecular complexity index is 611. The van der Waals surface area contributed by atoms with Crippen LogP contribution in [-0.4, -0.2) is 11.1 Å². The third kappa shape index (κ3) is 3.11. The molecule has 2 aromatic rings. The second-order valence-electron chi connectivity index (χ2n) is 4.69. The lowest BCUT2D eigenvalue weighted by atomic mass is 10.2. The molecule has 0 spiro atoms. The van der Waals surface area contributed by atoms with Crippen molar-refractivity contribution < 1.29 is 9.53 Å². The Morgan fingerprint density at radius 2 is 2.15 bits per heavy atom. The molecule has 6 heteroatoms. The first kappa shape index (κ1) is 13.4. The molecule has 4 nitrogen and oxygen atoms in total. The molecule has 0 unspecified atom stereocenters. The summed E-state index contributed by atoms with van der Waals surface area (Å²) in [6.45, 7) is 0.240. The molecule has 1 amide bonds. The quantitative estimate of drug-likeness (QED) is 0.864. The van der Waals surface area contributed by atoms with Crippen LogP contribution in [0.5, 0.6) is 0 Å². The van der Waals surface area contributed by atoms with Crippen LogP contribution in [-0.2, 0) is 16.2 Å². The topological polar surface area (TPSA) is 51.2 Å². The van der Waals surface area contributed by atoms with Gasteiger partial charge >= 0.3 is 6.09 Å². The average molecular weight is 309 g/mol. The minimum absolute atomic E-state index is 0.240. The number of alkyl halides is 1. The Morgan fingerprint density at radius 1 is 1.40 bits per heavy atom. The summed E-state index contributed by atoms with van der Waals surface area (Å²) in [4.78, 5) is 15.7. The Balaban J connectivity index is 1.52. The van der Waals surface area contributed by atoms with Crippen LogP contribution in [0.3, 0.4) is 0 Å². The average Bonchev–Trinajstić information content (AvgIpc) is 3.03. The first-order valence-electron chi connectivity index (χ1n) is 6.28. The van der Waals surface area contributed by atoms with Gasteiger partial charge in [0, 0.05) is 5.38 Å². The smallest absolute Gasteiger partial charge is 0.413 e. The summed E-state index contributed by atoms with van der Waals surface area (Å²) < 4.78 is 5.13. The van der Waals surface area contributed by atoms with Gasteiger partial charge in [0.2, 0.25) is 0 Å². The number of rotatable bonds is 4. The fourth-order valence-electron chi connectivity index (χ4n) is 1.75. The number of ether oxygens (including phenoxy) is 1. The van der Waals surface area contributed by atoms with E-state index in [2.05, 4.69) is 10.3 Å². The summed E-state index contributed by atoms with van der Waals surface area (Å²) in [5, 5.41) is 5.02. The molecule has 20 heavy (non-hydrogen) atoms. The van der Waals surface area contributed by atoms with E-state index < -0.39 is 6.09 Å². The molecule has 1 aliphatic carbocycles. The first-order valence-corrected chi connectivity index (χ1v) is 7.54. The van der Waals surface area contributed by atoms with Crippen molar-refractivity contribution in [2.45, 2.75) is 24.3 Å². The summed E-state index contributed by atoms with van der Waals surface area (Å²) in [5.74, 6) is 0. The second-order valence-corrected chi connectivity index (χ2v) is 6.27. The van der Waals surface area contributed by atoms with Crippen LogP contribution >= 0.6 is 22.9 Å². The molecule has 0 bridgehead atoms. The summed E-state index contributed by atoms with van der Waals surface area (Å²) in [6.07, 6.45) is 1.38. The molecule has 0 atom stereocenters. The number of benzene rings is 1. The maximum Gasteiger partial charge on any atom is 0.413 e. The lowest BCUT2D eigenvalue weighted by molar-refractivity contribution is 0.155. The number of nitrogens with one attached hydrogen (secondary N) is 1. The zero-order chi connectivity index (χ0) is 14.0. The molecule has 1 aliphatic rings. The van der Waals surface area contributed by atoms with E-state index in [1.54, 1.807) is 0 Å². The number of aromatic nitrogens is 1. The van der Waals surface area contributed by atoms with Crippen molar-refractivity contribution in [2.75, 3.05) is 5.32 Å². The van der Waals surface area contributed by atoms with E-state index >= 15 is 0 Å². The Morgan fingerprint density at radius 3 is 2.85 bits per heavy atom. The Hall–Kier alpha value is -1.59. The van der Waals surface area contributed by atoms with Crippen molar-refractivity contribution in [3.05, 3.63) is 47.0 Å². The van der Waals surface area contributed by atoms with Gasteiger partial charge < -0.3 is 4.74 Å². The zero-order valence-corrected chi connectivity index (χ0v) is 12.2. The highest BCUT2D eigenvalue weighted by Crippen LogP contribution is 2.52. The second kappa shape index (κ2) is 5.42. The van der Waals surface area contributed by atoms with Crippen molar-refractivity contribution in [3.8, 4) is 0 Å². The minimum Gasteiger partial charge on any atom is -0.444 e. The van der Waals surface area contributed by atoms with Gasteiger partial charge in [-0.2, -0.15) is 0 Å². The van der Waals surface area contributed by atoms with E-state index in [-0.39, 0.29) is 11.5 Å². The molecular weight excluding hydrogens is 296 g/mol. The molecule has 104 valence electrons. The van der Waals surface area contributed by atoms with Gasteiger partial charge in [-0.25, -0.2) is 9.78 Å². The third-order valence-corrected chi connectivity index (χ3v) is 4.40. The molecule has 1 saturated carbocycles. The summed E-state index contributed by atoms with van der Waals surface area (Å²) in [7, 11) is 0. The zero-order valence-electron chi connectivity index (χ0n) is 10.6. The summed E-state index contributed by atoms with van der Waals surface area (Å²) >= 11 is 7.62. The van der Waals surface area contributed by atoms with E-state index in [1.807, 2.05) is 35.7 Å². The van der Waals surface area contributed by atoms with Gasteiger partial charge in [0.15, 0.2) is 5.13 Å². The van der Waals surface area contributed by atoms with E-state index in [9.17, 15) is 4.79 Å². The number of amides is 1. The highest BCUT2D eigenvalue weighted by atomic mass is 35.5. The number of hydrogen-bond acceptors (Lipinski definition) is 4. The lowest BCUT2D eigenvalue weighted by Gasteiger charge is -2.05. The molecule has 1 aromatic carbocycles. The van der Waals surface area contributed by atoms with E-state index in [0.29, 0.717) is 5.13 Å². The number of thiazole rings is 1. The van der Waals surface area contributed by atoms with Crippen LogP contribution in [0.1, 0.15) is 24.1 Å². The van der Waals surface area contributed by atoms with Crippen LogP contribution in [0.15, 0.2) is 35.7 Å². The molecule has 0 aliphatic heterocycles. The van der Waals surface area contributed by atoms with Crippen molar-refractivity contribution in [1.29, 1.82) is 0 Å². The van der Waals surface area contributed by atoms with Gasteiger partial charge in [-0.1, -0.05) is 30.3 Å². The lowest BCUT2D eigenvalue weighted by Crippen LogP contribution is -2.13. The van der Waals surface area contributed by atoms with Crippen LogP contribution in [0.4, 0.5) is 9.93 Å². The Labute approximate surface area is 125 Å². The third-order valence-electron chi connectivity index (χ3n) is 3.07. The SMILES string of the molecule is O=C(Nc1nc(C2(Cl)CC2)cs1)OCc1ccccc1. The van der Waals surface area contributed by atoms with Crippen molar-refractivity contribution in [3.63, 3.8) is 0 Å². The number of anilines is 1. The van der Waals surface area contributed by atoms with E-state index in [1.165, 1.54) is 11.3 Å². The van der Waals surface area contributed by atoms with Gasteiger partial charge in [0.25, 0.3) is 0 Å². The largest absolute Gasteiger partial charge is 0.444 e. The van der Waals surface area contributed by atoms with Crippen LogP contribution in [0.2, 0.25) is 0 Å². The summed E-state index contributed by atoms with van der Waals surface area (Å²) in [6, 6.07) is 9.53. The van der Waals surface area contributed by atoms with Crippen LogP contribution < -0.4 is 5.32 Å². The molecule has 1 aromatic heterocycles. The molecule has 0 radical (unpaired) electrons. The van der Waals surface area contributed by atoms with Crippen molar-refractivity contribution in [1.82, 2.24) is 4.98 Å². The number of halogens is 1. The van der Waals surface area contributed by atoms with Gasteiger partial charge in [-0.15, -0.1) is 22.9 Å². The van der Waals surface area contributed by atoms with E-state index in [4.69, 9.17) is 16.3 Å². The minimum atomic E-state index is -0.505. The number of carbonyl (C=O) groups is 1. The fourth-order valence-corrected chi connectivity index (χ4v) is 2.80. The van der Waals surface area contributed by atoms with Crippen LogP contribution in [0, 0.1) is 0 Å². The summed E-state index contributed by atoms with van der Waals surface area (Å²) in [5.41, 5.74) is 1.78. The highest BCUT2D eigenvalue weighted by molar-refractivity contribution is 7.14. The van der Waals surface area contributed by atoms with E-state index in [0.717, 1.165) is 24.1 Å². The molecule has 0 saturated heterocycles. The maximum atomic E-state index is 11.7. The van der Waals surface area contributed by atoms with Gasteiger partial charge in [0.05, 0.1) is 10.6 Å². The van der Waals surface area contributed by atoms with Crippen molar-refractivity contribution in [2.24, 2.45) is 0 Å². The monoisotopic (exact) mass is 308 g/mol. The predicted molar refractivity (Wildman–Crippen MR) is 79.1 cm³/mol. The molecular formula is C14H13ClN2O2S. The molecule has 1 heterocycles. The number of nitrogens with zero attached hydrogens (tertiary/aromatic N) is 1. The maximum absolute atomic E-state index is 11.7. The molecule has 3 rings (SSSR count). The first-order chi connectivity index (χ1) is 9.66. The number of carbonyl (C=O) groups excluding carboxylic acids is 1. The fraction of sp³-hybridized carbons (Fsp3) is 0.286. The molecule has 1 fully saturated rings. The van der Waals surface area contributed by atoms with Gasteiger partial charge in [-0.3, -0.25) is 5.32 Å². The molecule has 1 N–H and O–H groups in total. The number of hydrogen-bond donors (Lipinski definition) is 1. The van der Waals surface area contributed by atoms with Crippen LogP contribution in [0.25, 0.3) is 0 Å². The van der Waals surface area contributed by atoms with Gasteiger partial charge in [-0.05, 0) is 18.4 Å². The normalized spacial score (nSPS) is 15.7. The van der Waals surface area contributed by atoms with Crippen molar-refractivity contribution >= 4 is 34.2 Å². The van der Waals surface area contributed by atoms with Gasteiger partial charge in [0.1, 0.15) is 6.61 Å².